The maximum absolute atomic E-state index is 13.1. The van der Waals surface area contributed by atoms with Gasteiger partial charge in [-0.3, -0.25) is 14.7 Å². The van der Waals surface area contributed by atoms with E-state index >= 15 is 0 Å². The van der Waals surface area contributed by atoms with E-state index in [0.29, 0.717) is 24.5 Å². The molecule has 2 amide bonds. The second-order valence-electron chi connectivity index (χ2n) is 7.81. The van der Waals surface area contributed by atoms with Crippen molar-refractivity contribution in [3.05, 3.63) is 34.5 Å². The van der Waals surface area contributed by atoms with Gasteiger partial charge < -0.3 is 19.6 Å². The van der Waals surface area contributed by atoms with Gasteiger partial charge in [0.2, 0.25) is 0 Å². The van der Waals surface area contributed by atoms with Gasteiger partial charge in [0, 0.05) is 56.5 Å². The van der Waals surface area contributed by atoms with Crippen molar-refractivity contribution < 1.29 is 14.1 Å². The summed E-state index contributed by atoms with van der Waals surface area (Å²) >= 11 is 0. The Morgan fingerprint density at radius 3 is 3.04 bits per heavy atom. The topological polar surface area (TPSA) is 107 Å². The molecule has 2 N–H and O–H groups in total. The zero-order chi connectivity index (χ0) is 19.7. The molecular weight excluding hydrogens is 360 g/mol. The fourth-order valence-electron chi connectivity index (χ4n) is 3.97. The standard InChI is InChI=1S/C19H26N6O3/c1-12-8-16(23-28-12)18(26)20-9-13-4-3-6-25(10-13)19(27)17-14-11-24(2)7-5-15(14)21-22-17/h8,13H,3-7,9-11H2,1-2H3,(H,20,26)(H,21,22)/t13-/m0/s1. The van der Waals surface area contributed by atoms with Gasteiger partial charge in [0.1, 0.15) is 5.76 Å². The third kappa shape index (κ3) is 3.80. The van der Waals surface area contributed by atoms with E-state index in [0.717, 1.165) is 50.2 Å². The molecule has 150 valence electrons. The third-order valence-corrected chi connectivity index (χ3v) is 5.55. The lowest BCUT2D eigenvalue weighted by Gasteiger charge is -2.33. The average Bonchev–Trinajstić information content (AvgIpc) is 3.31. The van der Waals surface area contributed by atoms with Crippen molar-refractivity contribution in [3.63, 3.8) is 0 Å². The molecule has 28 heavy (non-hydrogen) atoms. The summed E-state index contributed by atoms with van der Waals surface area (Å²) < 4.78 is 4.94. The molecule has 4 rings (SSSR count). The minimum Gasteiger partial charge on any atom is -0.361 e. The lowest BCUT2D eigenvalue weighted by molar-refractivity contribution is 0.0662. The summed E-state index contributed by atoms with van der Waals surface area (Å²) in [5.74, 6) is 0.556. The Hall–Kier alpha value is -2.68. The first-order valence-corrected chi connectivity index (χ1v) is 9.76. The summed E-state index contributed by atoms with van der Waals surface area (Å²) in [6, 6.07) is 1.61. The molecule has 0 aromatic carbocycles. The number of piperidine rings is 1. The van der Waals surface area contributed by atoms with Crippen LogP contribution in [-0.4, -0.2) is 70.2 Å². The molecule has 2 aromatic heterocycles. The van der Waals surface area contributed by atoms with E-state index in [2.05, 4.69) is 32.6 Å². The molecule has 0 unspecified atom stereocenters. The third-order valence-electron chi connectivity index (χ3n) is 5.55. The SMILES string of the molecule is Cc1cc(C(=O)NC[C@@H]2CCCN(C(=O)c3n[nH]c4c3CN(C)CC4)C2)no1. The van der Waals surface area contributed by atoms with E-state index in [9.17, 15) is 9.59 Å². The van der Waals surface area contributed by atoms with Gasteiger partial charge in [0.05, 0.1) is 0 Å². The van der Waals surface area contributed by atoms with Gasteiger partial charge in [-0.1, -0.05) is 5.16 Å². The Morgan fingerprint density at radius 1 is 1.39 bits per heavy atom. The Kier molecular flexibility index (Phi) is 5.17. The lowest BCUT2D eigenvalue weighted by atomic mass is 9.97. The number of fused-ring (bicyclic) bond motifs is 1. The Balaban J connectivity index is 1.37. The monoisotopic (exact) mass is 386 g/mol. The van der Waals surface area contributed by atoms with Gasteiger partial charge in [0.15, 0.2) is 11.4 Å². The predicted octanol–water partition coefficient (Wildman–Crippen LogP) is 0.976. The van der Waals surface area contributed by atoms with Crippen LogP contribution in [0.15, 0.2) is 10.6 Å². The van der Waals surface area contributed by atoms with Crippen LogP contribution in [0.1, 0.15) is 50.8 Å². The molecule has 9 heteroatoms. The molecule has 0 bridgehead atoms. The molecule has 2 aromatic rings. The molecule has 2 aliphatic rings. The van der Waals surface area contributed by atoms with E-state index in [-0.39, 0.29) is 23.4 Å². The smallest absolute Gasteiger partial charge is 0.274 e. The van der Waals surface area contributed by atoms with Crippen molar-refractivity contribution in [2.75, 3.05) is 33.2 Å². The molecule has 4 heterocycles. The highest BCUT2D eigenvalue weighted by Crippen LogP contribution is 2.23. The number of hydrogen-bond donors (Lipinski definition) is 2. The molecule has 9 nitrogen and oxygen atoms in total. The molecular formula is C19H26N6O3. The Labute approximate surface area is 163 Å². The second-order valence-corrected chi connectivity index (χ2v) is 7.81. The van der Waals surface area contributed by atoms with Gasteiger partial charge in [-0.2, -0.15) is 5.10 Å². The fourth-order valence-corrected chi connectivity index (χ4v) is 3.97. The highest BCUT2D eigenvalue weighted by atomic mass is 16.5. The number of aryl methyl sites for hydroxylation is 1. The van der Waals surface area contributed by atoms with E-state index in [1.165, 1.54) is 0 Å². The Bertz CT molecular complexity index is 873. The number of carbonyl (C=O) groups is 2. The predicted molar refractivity (Wildman–Crippen MR) is 101 cm³/mol. The van der Waals surface area contributed by atoms with Crippen LogP contribution in [0, 0.1) is 12.8 Å². The molecule has 1 fully saturated rings. The molecule has 1 atom stereocenters. The number of nitrogens with zero attached hydrogens (tertiary/aromatic N) is 4. The molecule has 1 saturated heterocycles. The first kappa shape index (κ1) is 18.7. The van der Waals surface area contributed by atoms with Crippen LogP contribution in [-0.2, 0) is 13.0 Å². The summed E-state index contributed by atoms with van der Waals surface area (Å²) in [6.45, 7) is 5.32. The van der Waals surface area contributed by atoms with Crippen LogP contribution in [0.3, 0.4) is 0 Å². The number of likely N-dealkylation sites (N-methyl/N-ethyl adjacent to an activating group) is 1. The molecule has 0 saturated carbocycles. The summed E-state index contributed by atoms with van der Waals surface area (Å²) in [5, 5.41) is 14.0. The Morgan fingerprint density at radius 2 is 2.25 bits per heavy atom. The van der Waals surface area contributed by atoms with E-state index in [1.807, 2.05) is 4.90 Å². The van der Waals surface area contributed by atoms with Crippen LogP contribution in [0.4, 0.5) is 0 Å². The zero-order valence-electron chi connectivity index (χ0n) is 16.3. The summed E-state index contributed by atoms with van der Waals surface area (Å²) in [7, 11) is 2.06. The average molecular weight is 386 g/mol. The number of rotatable bonds is 4. The van der Waals surface area contributed by atoms with Crippen molar-refractivity contribution in [2.45, 2.75) is 32.7 Å². The van der Waals surface area contributed by atoms with Crippen LogP contribution in [0.25, 0.3) is 0 Å². The van der Waals surface area contributed by atoms with Crippen molar-refractivity contribution >= 4 is 11.8 Å². The maximum atomic E-state index is 13.1. The highest BCUT2D eigenvalue weighted by Gasteiger charge is 2.30. The second kappa shape index (κ2) is 7.75. The van der Waals surface area contributed by atoms with Crippen LogP contribution in [0.2, 0.25) is 0 Å². The van der Waals surface area contributed by atoms with Crippen LogP contribution >= 0.6 is 0 Å². The van der Waals surface area contributed by atoms with Gasteiger partial charge in [-0.05, 0) is 32.7 Å². The quantitative estimate of drug-likeness (QED) is 0.811. The number of H-pyrrole nitrogens is 1. The largest absolute Gasteiger partial charge is 0.361 e. The number of carbonyl (C=O) groups excluding carboxylic acids is 2. The highest BCUT2D eigenvalue weighted by molar-refractivity contribution is 5.94. The normalized spacial score (nSPS) is 20.1. The number of nitrogens with one attached hydrogen (secondary N) is 2. The van der Waals surface area contributed by atoms with Gasteiger partial charge in [0.25, 0.3) is 11.8 Å². The van der Waals surface area contributed by atoms with Crippen molar-refractivity contribution in [1.29, 1.82) is 0 Å². The lowest BCUT2D eigenvalue weighted by Crippen LogP contribution is -2.44. The molecule has 0 spiro atoms. The van der Waals surface area contributed by atoms with E-state index in [4.69, 9.17) is 4.52 Å². The number of likely N-dealkylation sites (tertiary alicyclic amines) is 1. The zero-order valence-corrected chi connectivity index (χ0v) is 16.3. The van der Waals surface area contributed by atoms with E-state index in [1.54, 1.807) is 13.0 Å². The minimum absolute atomic E-state index is 0.0176. The van der Waals surface area contributed by atoms with Crippen LogP contribution < -0.4 is 5.32 Å². The summed E-state index contributed by atoms with van der Waals surface area (Å²) in [6.07, 6.45) is 2.79. The number of amides is 2. The molecule has 0 aliphatic carbocycles. The molecule has 2 aliphatic heterocycles. The van der Waals surface area contributed by atoms with E-state index < -0.39 is 0 Å². The minimum atomic E-state index is -0.246. The van der Waals surface area contributed by atoms with Gasteiger partial charge >= 0.3 is 0 Å². The van der Waals surface area contributed by atoms with Crippen LogP contribution in [0.5, 0.6) is 0 Å². The first-order chi connectivity index (χ1) is 13.5. The van der Waals surface area contributed by atoms with Crippen molar-refractivity contribution in [1.82, 2.24) is 30.5 Å². The van der Waals surface area contributed by atoms with Crippen molar-refractivity contribution in [2.24, 2.45) is 5.92 Å². The fraction of sp³-hybridized carbons (Fsp3) is 0.579. The van der Waals surface area contributed by atoms with Gasteiger partial charge in [-0.25, -0.2) is 0 Å². The number of hydrogen-bond acceptors (Lipinski definition) is 6. The summed E-state index contributed by atoms with van der Waals surface area (Å²) in [4.78, 5) is 29.3. The maximum Gasteiger partial charge on any atom is 0.274 e. The first-order valence-electron chi connectivity index (χ1n) is 9.76. The number of aromatic amines is 1. The molecule has 0 radical (unpaired) electrons. The van der Waals surface area contributed by atoms with Crippen molar-refractivity contribution in [3.8, 4) is 0 Å². The number of aromatic nitrogens is 3. The summed E-state index contributed by atoms with van der Waals surface area (Å²) in [5.41, 5.74) is 2.93. The van der Waals surface area contributed by atoms with Gasteiger partial charge in [-0.15, -0.1) is 0 Å².